The van der Waals surface area contributed by atoms with Crippen LogP contribution in [0.5, 0.6) is 0 Å². The molecule has 1 heterocycles. The highest BCUT2D eigenvalue weighted by Gasteiger charge is 2.21. The van der Waals surface area contributed by atoms with Gasteiger partial charge in [-0.1, -0.05) is 0 Å². The first-order chi connectivity index (χ1) is 9.26. The first-order valence-corrected chi connectivity index (χ1v) is 6.54. The van der Waals surface area contributed by atoms with Crippen molar-refractivity contribution in [2.75, 3.05) is 0 Å². The molecule has 0 fully saturated rings. The van der Waals surface area contributed by atoms with Gasteiger partial charge in [0.15, 0.2) is 0 Å². The molecule has 7 heteroatoms. The lowest BCUT2D eigenvalue weighted by Crippen LogP contribution is -2.24. The van der Waals surface area contributed by atoms with Gasteiger partial charge in [0.1, 0.15) is 11.4 Å². The summed E-state index contributed by atoms with van der Waals surface area (Å²) in [4.78, 5) is 22.1. The van der Waals surface area contributed by atoms with Crippen LogP contribution in [0.4, 0.5) is 4.39 Å². The molecule has 0 radical (unpaired) electrons. The van der Waals surface area contributed by atoms with Gasteiger partial charge in [-0.25, -0.2) is 14.0 Å². The van der Waals surface area contributed by atoms with E-state index < -0.39 is 22.3 Å². The number of hydrogen-bond donors (Lipinski definition) is 0. The number of carbonyl (C=O) groups excluding carboxylic acids is 1. The van der Waals surface area contributed by atoms with Gasteiger partial charge >= 0.3 is 10.9 Å². The predicted molar refractivity (Wildman–Crippen MR) is 71.2 cm³/mol. The van der Waals surface area contributed by atoms with E-state index in [2.05, 4.69) is 4.37 Å². The van der Waals surface area contributed by atoms with Gasteiger partial charge in [0.2, 0.25) is 5.89 Å². The maximum absolute atomic E-state index is 13.9. The Morgan fingerprint density at radius 1 is 1.40 bits per heavy atom. The number of halogens is 1. The zero-order chi connectivity index (χ0) is 14.9. The average Bonchev–Trinajstić information content (AvgIpc) is 2.73. The molecule has 2 aromatic rings. The summed E-state index contributed by atoms with van der Waals surface area (Å²) in [5.41, 5.74) is -0.599. The smallest absolute Gasteiger partial charge is 0.414 e. The number of rotatable bonds is 2. The summed E-state index contributed by atoms with van der Waals surface area (Å²) in [7, 11) is 0. The summed E-state index contributed by atoms with van der Waals surface area (Å²) < 4.78 is 27.5. The molecule has 1 aromatic heterocycles. The summed E-state index contributed by atoms with van der Waals surface area (Å²) in [6, 6.07) is 3.80. The number of benzene rings is 1. The van der Waals surface area contributed by atoms with Gasteiger partial charge in [0.25, 0.3) is 0 Å². The molecule has 0 N–H and O–H groups in total. The minimum Gasteiger partial charge on any atom is -0.456 e. The quantitative estimate of drug-likeness (QED) is 0.797. The summed E-state index contributed by atoms with van der Waals surface area (Å²) in [5.74, 6) is -1.48. The Hall–Kier alpha value is -2.02. The van der Waals surface area contributed by atoms with Gasteiger partial charge in [0, 0.05) is 5.56 Å². The summed E-state index contributed by atoms with van der Waals surface area (Å²) in [5, 5.41) is 0. The van der Waals surface area contributed by atoms with Gasteiger partial charge in [0.05, 0.1) is 17.1 Å². The molecule has 0 spiro atoms. The van der Waals surface area contributed by atoms with Crippen molar-refractivity contribution in [2.24, 2.45) is 0 Å². The molecule has 0 aliphatic rings. The van der Waals surface area contributed by atoms with Crippen molar-refractivity contribution in [1.82, 2.24) is 4.37 Å². The lowest BCUT2D eigenvalue weighted by atomic mass is 10.1. The van der Waals surface area contributed by atoms with Gasteiger partial charge in [-0.3, -0.25) is 0 Å². The van der Waals surface area contributed by atoms with E-state index in [1.165, 1.54) is 12.1 Å². The maximum Gasteiger partial charge on any atom is 0.414 e. The van der Waals surface area contributed by atoms with Crippen molar-refractivity contribution in [3.8, 4) is 11.5 Å². The fourth-order valence-corrected chi connectivity index (χ4v) is 1.87. The van der Waals surface area contributed by atoms with E-state index in [-0.39, 0.29) is 17.0 Å². The molecule has 106 valence electrons. The van der Waals surface area contributed by atoms with Crippen LogP contribution in [-0.4, -0.2) is 15.9 Å². The third-order valence-corrected chi connectivity index (χ3v) is 2.71. The fourth-order valence-electron chi connectivity index (χ4n) is 1.45. The second-order valence-corrected chi connectivity index (χ2v) is 5.73. The van der Waals surface area contributed by atoms with Crippen LogP contribution in [0.15, 0.2) is 27.4 Å². The van der Waals surface area contributed by atoms with Crippen molar-refractivity contribution in [3.63, 3.8) is 0 Å². The largest absolute Gasteiger partial charge is 0.456 e. The van der Waals surface area contributed by atoms with E-state index in [0.717, 1.165) is 6.07 Å². The Morgan fingerprint density at radius 3 is 2.60 bits per heavy atom. The van der Waals surface area contributed by atoms with Crippen LogP contribution in [0.25, 0.3) is 11.5 Å². The second-order valence-electron chi connectivity index (χ2n) is 5.04. The van der Waals surface area contributed by atoms with Gasteiger partial charge in [-0.05, 0) is 39.0 Å². The number of nitrogens with zero attached hydrogens (tertiary/aromatic N) is 1. The lowest BCUT2D eigenvalue weighted by molar-refractivity contribution is 0.00647. The number of ether oxygens (including phenoxy) is 1. The van der Waals surface area contributed by atoms with Crippen LogP contribution in [0, 0.1) is 5.82 Å². The lowest BCUT2D eigenvalue weighted by Gasteiger charge is -2.19. The third kappa shape index (κ3) is 3.30. The predicted octanol–water partition coefficient (Wildman–Crippen LogP) is 2.86. The number of carbonyl (C=O) groups is 1. The highest BCUT2D eigenvalue weighted by molar-refractivity contribution is 7.02. The molecule has 0 atom stereocenters. The molecule has 0 saturated heterocycles. The standard InChI is InChI=1S/C13H12FNO4S/c1-13(2,3)19-11(16)8-5-4-7(6-9(8)14)10-15-20-12(17)18-10/h4-6H,1-3H3. The van der Waals surface area contributed by atoms with Crippen LogP contribution in [0.3, 0.4) is 0 Å². The molecule has 0 bridgehead atoms. The molecular weight excluding hydrogens is 285 g/mol. The van der Waals surface area contributed by atoms with Gasteiger partial charge in [-0.2, -0.15) is 0 Å². The Balaban J connectivity index is 2.31. The molecule has 20 heavy (non-hydrogen) atoms. The van der Waals surface area contributed by atoms with E-state index in [0.29, 0.717) is 11.5 Å². The van der Waals surface area contributed by atoms with E-state index in [4.69, 9.17) is 9.15 Å². The summed E-state index contributed by atoms with van der Waals surface area (Å²) in [6.07, 6.45) is 0. The van der Waals surface area contributed by atoms with Crippen molar-refractivity contribution < 1.29 is 18.3 Å². The topological polar surface area (TPSA) is 69.4 Å². The van der Waals surface area contributed by atoms with E-state index in [1.54, 1.807) is 20.8 Å². The highest BCUT2D eigenvalue weighted by atomic mass is 32.1. The van der Waals surface area contributed by atoms with Crippen molar-refractivity contribution >= 4 is 17.5 Å². The number of hydrogen-bond acceptors (Lipinski definition) is 6. The monoisotopic (exact) mass is 297 g/mol. The molecule has 2 rings (SSSR count). The summed E-state index contributed by atoms with van der Waals surface area (Å²) >= 11 is 0.637. The van der Waals surface area contributed by atoms with E-state index >= 15 is 0 Å². The van der Waals surface area contributed by atoms with E-state index in [1.807, 2.05) is 0 Å². The summed E-state index contributed by atoms with van der Waals surface area (Å²) in [6.45, 7) is 5.09. The Labute approximate surface area is 118 Å². The SMILES string of the molecule is CC(C)(C)OC(=O)c1ccc(-c2nsc(=O)o2)cc1F. The van der Waals surface area contributed by atoms with Crippen LogP contribution in [-0.2, 0) is 4.74 Å². The zero-order valence-electron chi connectivity index (χ0n) is 11.1. The van der Waals surface area contributed by atoms with Crippen LogP contribution < -0.4 is 4.94 Å². The van der Waals surface area contributed by atoms with Gasteiger partial charge in [-0.15, -0.1) is 4.37 Å². The number of aromatic nitrogens is 1. The normalized spacial score (nSPS) is 11.4. The average molecular weight is 297 g/mol. The van der Waals surface area contributed by atoms with Crippen LogP contribution >= 0.6 is 11.5 Å². The Bertz CT molecular complexity index is 699. The number of esters is 1. The first kappa shape index (κ1) is 14.4. The van der Waals surface area contributed by atoms with Crippen molar-refractivity contribution in [3.05, 3.63) is 39.3 Å². The Morgan fingerprint density at radius 2 is 2.10 bits per heavy atom. The minimum absolute atomic E-state index is 0.0228. The van der Waals surface area contributed by atoms with E-state index in [9.17, 15) is 14.0 Å². The van der Waals surface area contributed by atoms with Crippen molar-refractivity contribution in [2.45, 2.75) is 26.4 Å². The van der Waals surface area contributed by atoms with Crippen LogP contribution in [0.1, 0.15) is 31.1 Å². The molecule has 5 nitrogen and oxygen atoms in total. The first-order valence-electron chi connectivity index (χ1n) is 5.76. The molecule has 0 aliphatic heterocycles. The molecular formula is C13H12FNO4S. The maximum atomic E-state index is 13.9. The zero-order valence-corrected chi connectivity index (χ0v) is 11.9. The second kappa shape index (κ2) is 5.16. The fraction of sp³-hybridized carbons (Fsp3) is 0.308. The van der Waals surface area contributed by atoms with Gasteiger partial charge < -0.3 is 9.15 Å². The molecule has 0 unspecified atom stereocenters. The molecule has 0 aliphatic carbocycles. The molecule has 0 saturated carbocycles. The third-order valence-electron chi connectivity index (χ3n) is 2.22. The van der Waals surface area contributed by atoms with Crippen LogP contribution in [0.2, 0.25) is 0 Å². The Kier molecular flexibility index (Phi) is 3.71. The highest BCUT2D eigenvalue weighted by Crippen LogP contribution is 2.21. The minimum atomic E-state index is -0.757. The van der Waals surface area contributed by atoms with Crippen molar-refractivity contribution in [1.29, 1.82) is 0 Å². The molecule has 1 aromatic carbocycles. The molecule has 0 amide bonds.